The third-order valence-electron chi connectivity index (χ3n) is 1.46. The Morgan fingerprint density at radius 3 is 2.93 bits per heavy atom. The summed E-state index contributed by atoms with van der Waals surface area (Å²) in [6, 6.07) is 2.97. The van der Waals surface area contributed by atoms with E-state index in [9.17, 15) is 13.6 Å². The van der Waals surface area contributed by atoms with Gasteiger partial charge in [-0.1, -0.05) is 11.8 Å². The number of nitrogens with one attached hydrogen (secondary N) is 1. The number of rotatable bonds is 4. The van der Waals surface area contributed by atoms with Crippen LogP contribution in [0.1, 0.15) is 16.3 Å². The number of carbonyl (C=O) groups is 1. The first-order valence-electron chi connectivity index (χ1n) is 3.84. The van der Waals surface area contributed by atoms with Gasteiger partial charge in [-0.3, -0.25) is 4.79 Å². The van der Waals surface area contributed by atoms with Gasteiger partial charge in [0.05, 0.1) is 5.75 Å². The molecule has 0 saturated heterocycles. The molecule has 0 radical (unpaired) electrons. The summed E-state index contributed by atoms with van der Waals surface area (Å²) in [6.07, 6.45) is 0. The number of alkyl halides is 2. The molecule has 14 heavy (non-hydrogen) atoms. The van der Waals surface area contributed by atoms with Crippen molar-refractivity contribution in [3.8, 4) is 0 Å². The quantitative estimate of drug-likeness (QED) is 0.846. The molecule has 3 nitrogen and oxygen atoms in total. The molecular weight excluding hydrogens is 212 g/mol. The van der Waals surface area contributed by atoms with Crippen molar-refractivity contribution >= 4 is 17.7 Å². The fourth-order valence-corrected chi connectivity index (χ4v) is 1.29. The van der Waals surface area contributed by atoms with E-state index in [2.05, 4.69) is 5.32 Å². The fourth-order valence-electron chi connectivity index (χ4n) is 0.846. The van der Waals surface area contributed by atoms with Gasteiger partial charge >= 0.3 is 0 Å². The van der Waals surface area contributed by atoms with E-state index in [1.165, 1.54) is 19.2 Å². The minimum Gasteiger partial charge on any atom is -0.455 e. The van der Waals surface area contributed by atoms with Crippen LogP contribution in [-0.4, -0.2) is 18.7 Å². The topological polar surface area (TPSA) is 42.2 Å². The minimum absolute atomic E-state index is 0.0641. The van der Waals surface area contributed by atoms with Crippen molar-refractivity contribution < 1.29 is 18.0 Å². The summed E-state index contributed by atoms with van der Waals surface area (Å²) in [5, 5.41) is 2.37. The van der Waals surface area contributed by atoms with Crippen molar-refractivity contribution in [2.24, 2.45) is 0 Å². The highest BCUT2D eigenvalue weighted by Gasteiger charge is 2.10. The molecule has 1 aromatic heterocycles. The SMILES string of the molecule is CNC(=O)c1ccc(CSC(F)F)o1. The summed E-state index contributed by atoms with van der Waals surface area (Å²) in [4.78, 5) is 11.0. The van der Waals surface area contributed by atoms with E-state index in [-0.39, 0.29) is 17.4 Å². The van der Waals surface area contributed by atoms with Crippen LogP contribution in [0.5, 0.6) is 0 Å². The van der Waals surface area contributed by atoms with Crippen LogP contribution in [0.15, 0.2) is 16.5 Å². The highest BCUT2D eigenvalue weighted by Crippen LogP contribution is 2.21. The fraction of sp³-hybridized carbons (Fsp3) is 0.375. The van der Waals surface area contributed by atoms with Crippen LogP contribution in [0.4, 0.5) is 8.78 Å². The monoisotopic (exact) mass is 221 g/mol. The maximum atomic E-state index is 11.8. The first-order chi connectivity index (χ1) is 6.63. The zero-order valence-electron chi connectivity index (χ0n) is 7.42. The van der Waals surface area contributed by atoms with E-state index in [1.807, 2.05) is 0 Å². The zero-order valence-corrected chi connectivity index (χ0v) is 8.24. The average molecular weight is 221 g/mol. The summed E-state index contributed by atoms with van der Waals surface area (Å²) in [6.45, 7) is 0. The van der Waals surface area contributed by atoms with E-state index in [0.717, 1.165) is 0 Å². The summed E-state index contributed by atoms with van der Waals surface area (Å²) >= 11 is 0.458. The molecule has 0 aliphatic heterocycles. The van der Waals surface area contributed by atoms with Gasteiger partial charge in [0.15, 0.2) is 5.76 Å². The Morgan fingerprint density at radius 2 is 2.36 bits per heavy atom. The third kappa shape index (κ3) is 3.02. The van der Waals surface area contributed by atoms with Crippen molar-refractivity contribution in [1.29, 1.82) is 0 Å². The van der Waals surface area contributed by atoms with E-state index < -0.39 is 5.76 Å². The Morgan fingerprint density at radius 1 is 1.64 bits per heavy atom. The first kappa shape index (κ1) is 11.0. The van der Waals surface area contributed by atoms with Crippen molar-refractivity contribution in [3.63, 3.8) is 0 Å². The Labute approximate surface area is 83.9 Å². The minimum atomic E-state index is -2.43. The lowest BCUT2D eigenvalue weighted by Gasteiger charge is -1.96. The van der Waals surface area contributed by atoms with Gasteiger partial charge < -0.3 is 9.73 Å². The van der Waals surface area contributed by atoms with E-state index in [4.69, 9.17) is 4.42 Å². The summed E-state index contributed by atoms with van der Waals surface area (Å²) in [5.74, 6) is -2.22. The van der Waals surface area contributed by atoms with Gasteiger partial charge in [0.2, 0.25) is 0 Å². The Balaban J connectivity index is 2.55. The van der Waals surface area contributed by atoms with Gasteiger partial charge in [-0.25, -0.2) is 0 Å². The van der Waals surface area contributed by atoms with Crippen LogP contribution in [0, 0.1) is 0 Å². The van der Waals surface area contributed by atoms with Crippen LogP contribution in [0.2, 0.25) is 0 Å². The largest absolute Gasteiger partial charge is 0.455 e. The number of thioether (sulfide) groups is 1. The lowest BCUT2D eigenvalue weighted by molar-refractivity contribution is 0.0934. The van der Waals surface area contributed by atoms with Crippen LogP contribution < -0.4 is 5.32 Å². The molecule has 0 fully saturated rings. The second-order valence-electron chi connectivity index (χ2n) is 2.42. The van der Waals surface area contributed by atoms with Crippen molar-refractivity contribution in [3.05, 3.63) is 23.7 Å². The van der Waals surface area contributed by atoms with Gasteiger partial charge in [0.25, 0.3) is 11.7 Å². The molecule has 0 bridgehead atoms. The predicted octanol–water partition coefficient (Wildman–Crippen LogP) is 2.09. The Kier molecular flexibility index (Phi) is 3.94. The highest BCUT2D eigenvalue weighted by atomic mass is 32.2. The number of hydrogen-bond acceptors (Lipinski definition) is 3. The van der Waals surface area contributed by atoms with Crippen LogP contribution in [0.25, 0.3) is 0 Å². The second-order valence-corrected chi connectivity index (χ2v) is 3.40. The van der Waals surface area contributed by atoms with Crippen molar-refractivity contribution in [2.75, 3.05) is 7.05 Å². The molecule has 6 heteroatoms. The second kappa shape index (κ2) is 4.99. The molecule has 0 unspecified atom stereocenters. The van der Waals surface area contributed by atoms with Crippen LogP contribution in [0.3, 0.4) is 0 Å². The number of furan rings is 1. The normalized spacial score (nSPS) is 10.6. The molecule has 1 N–H and O–H groups in total. The molecule has 1 aromatic rings. The van der Waals surface area contributed by atoms with E-state index in [0.29, 0.717) is 17.5 Å². The van der Waals surface area contributed by atoms with Gasteiger partial charge in [0.1, 0.15) is 5.76 Å². The molecule has 0 aliphatic carbocycles. The molecular formula is C8H9F2NO2S. The lowest BCUT2D eigenvalue weighted by atomic mass is 10.4. The number of carbonyl (C=O) groups excluding carboxylic acids is 1. The maximum absolute atomic E-state index is 11.8. The van der Waals surface area contributed by atoms with Crippen molar-refractivity contribution in [1.82, 2.24) is 5.32 Å². The third-order valence-corrected chi connectivity index (χ3v) is 2.17. The molecule has 0 atom stereocenters. The van der Waals surface area contributed by atoms with E-state index in [1.54, 1.807) is 0 Å². The molecule has 1 heterocycles. The van der Waals surface area contributed by atoms with Crippen LogP contribution >= 0.6 is 11.8 Å². The highest BCUT2D eigenvalue weighted by molar-refractivity contribution is 7.98. The molecule has 1 rings (SSSR count). The van der Waals surface area contributed by atoms with Crippen LogP contribution in [-0.2, 0) is 5.75 Å². The first-order valence-corrected chi connectivity index (χ1v) is 4.89. The standard InChI is InChI=1S/C8H9F2NO2S/c1-11-7(12)6-3-2-5(13-6)4-14-8(9)10/h2-3,8H,4H2,1H3,(H,11,12). The predicted molar refractivity (Wildman–Crippen MR) is 49.4 cm³/mol. The van der Waals surface area contributed by atoms with Gasteiger partial charge in [-0.15, -0.1) is 0 Å². The maximum Gasteiger partial charge on any atom is 0.286 e. The molecule has 0 spiro atoms. The smallest absolute Gasteiger partial charge is 0.286 e. The molecule has 0 aliphatic rings. The average Bonchev–Trinajstić information content (AvgIpc) is 2.62. The molecule has 0 saturated carbocycles. The molecule has 78 valence electrons. The van der Waals surface area contributed by atoms with E-state index >= 15 is 0 Å². The number of hydrogen-bond donors (Lipinski definition) is 1. The van der Waals surface area contributed by atoms with Gasteiger partial charge in [-0.05, 0) is 12.1 Å². The summed E-state index contributed by atoms with van der Waals surface area (Å²) in [7, 11) is 1.47. The summed E-state index contributed by atoms with van der Waals surface area (Å²) in [5.41, 5.74) is 0. The van der Waals surface area contributed by atoms with Crippen molar-refractivity contribution in [2.45, 2.75) is 11.5 Å². The van der Waals surface area contributed by atoms with Gasteiger partial charge in [-0.2, -0.15) is 8.78 Å². The zero-order chi connectivity index (χ0) is 10.6. The van der Waals surface area contributed by atoms with Gasteiger partial charge in [0, 0.05) is 7.05 Å². The Bertz CT molecular complexity index is 314. The lowest BCUT2D eigenvalue weighted by Crippen LogP contribution is -2.16. The number of halogens is 2. The number of amides is 1. The molecule has 1 amide bonds. The molecule has 0 aromatic carbocycles. The Hall–Kier alpha value is -1.04. The summed E-state index contributed by atoms with van der Waals surface area (Å²) < 4.78 is 28.6.